The number of thiazole rings is 1. The average Bonchev–Trinajstić information content (AvgIpc) is 3.28. The van der Waals surface area contributed by atoms with Gasteiger partial charge in [0, 0.05) is 36.1 Å². The molecule has 4 heterocycles. The van der Waals surface area contributed by atoms with Crippen LogP contribution in [0.2, 0.25) is 0 Å². The number of nitrogen functional groups attached to an aromatic ring is 1. The van der Waals surface area contributed by atoms with Crippen LogP contribution in [0.25, 0.3) is 22.4 Å². The molecule has 34 heavy (non-hydrogen) atoms. The van der Waals surface area contributed by atoms with Gasteiger partial charge in [0.2, 0.25) is 5.91 Å². The molecular formula is C24H21ClN6O2S. The Morgan fingerprint density at radius 3 is 2.56 bits per heavy atom. The summed E-state index contributed by atoms with van der Waals surface area (Å²) in [6.07, 6.45) is 5.55. The van der Waals surface area contributed by atoms with E-state index in [0.717, 1.165) is 22.4 Å². The Balaban J connectivity index is 0.00000274. The summed E-state index contributed by atoms with van der Waals surface area (Å²) in [6.45, 7) is 0.520. The Morgan fingerprint density at radius 2 is 1.85 bits per heavy atom. The summed E-state index contributed by atoms with van der Waals surface area (Å²) in [6, 6.07) is 14.6. The number of anilines is 2. The molecule has 0 saturated carbocycles. The number of likely N-dealkylation sites (tertiary alicyclic amines) is 1. The molecule has 1 aromatic carbocycles. The van der Waals surface area contributed by atoms with E-state index in [2.05, 4.69) is 26.3 Å². The average molecular weight is 493 g/mol. The monoisotopic (exact) mass is 492 g/mol. The third kappa shape index (κ3) is 4.75. The number of hydrogen-bond acceptors (Lipinski definition) is 7. The molecule has 5 rings (SSSR count). The lowest BCUT2D eigenvalue weighted by molar-refractivity contribution is -0.123. The minimum absolute atomic E-state index is 0. The van der Waals surface area contributed by atoms with Gasteiger partial charge in [0.15, 0.2) is 5.13 Å². The van der Waals surface area contributed by atoms with Crippen LogP contribution in [-0.2, 0) is 4.79 Å². The minimum Gasteiger partial charge on any atom is -0.384 e. The summed E-state index contributed by atoms with van der Waals surface area (Å²) in [5.41, 5.74) is 9.86. The summed E-state index contributed by atoms with van der Waals surface area (Å²) in [7, 11) is 0. The van der Waals surface area contributed by atoms with Crippen LogP contribution in [0.1, 0.15) is 16.8 Å². The van der Waals surface area contributed by atoms with Gasteiger partial charge in [-0.05, 0) is 47.9 Å². The highest BCUT2D eigenvalue weighted by Crippen LogP contribution is 2.29. The van der Waals surface area contributed by atoms with Crippen LogP contribution in [0.3, 0.4) is 0 Å². The predicted molar refractivity (Wildman–Crippen MR) is 135 cm³/mol. The molecule has 1 fully saturated rings. The van der Waals surface area contributed by atoms with Crippen molar-refractivity contribution in [3.63, 3.8) is 0 Å². The van der Waals surface area contributed by atoms with E-state index in [-0.39, 0.29) is 24.2 Å². The number of amides is 2. The van der Waals surface area contributed by atoms with Gasteiger partial charge in [0.05, 0.1) is 11.3 Å². The highest BCUT2D eigenvalue weighted by Gasteiger charge is 2.38. The van der Waals surface area contributed by atoms with Crippen molar-refractivity contribution in [2.45, 2.75) is 12.5 Å². The van der Waals surface area contributed by atoms with E-state index in [0.29, 0.717) is 29.5 Å². The maximum atomic E-state index is 12.8. The molecule has 4 aromatic rings. The van der Waals surface area contributed by atoms with E-state index in [9.17, 15) is 9.59 Å². The fourth-order valence-electron chi connectivity index (χ4n) is 3.66. The number of aromatic nitrogens is 3. The molecule has 0 radical (unpaired) electrons. The van der Waals surface area contributed by atoms with Gasteiger partial charge in [0.1, 0.15) is 11.9 Å². The number of nitrogens with one attached hydrogen (secondary N) is 1. The molecule has 1 atom stereocenters. The van der Waals surface area contributed by atoms with Gasteiger partial charge in [-0.3, -0.25) is 14.6 Å². The molecule has 1 aliphatic heterocycles. The first-order valence-corrected chi connectivity index (χ1v) is 11.3. The predicted octanol–water partition coefficient (Wildman–Crippen LogP) is 4.12. The quantitative estimate of drug-likeness (QED) is 0.433. The fourth-order valence-corrected chi connectivity index (χ4v) is 4.38. The number of benzene rings is 1. The standard InChI is InChI=1S/C24H20N6O2S.ClH/c25-21-5-4-18(13-27-21)23(32)30-11-8-20(30)22(31)29-24-28-19(14-33-24)17-3-1-2-16(12-17)15-6-9-26-10-7-15;/h1-7,9-10,12-14,20H,8,11H2,(H2,25,27)(H,28,29,31);1H. The van der Waals surface area contributed by atoms with E-state index in [1.807, 2.05) is 35.7 Å². The van der Waals surface area contributed by atoms with Gasteiger partial charge < -0.3 is 16.0 Å². The van der Waals surface area contributed by atoms with E-state index in [1.165, 1.54) is 22.4 Å². The van der Waals surface area contributed by atoms with Crippen LogP contribution in [-0.4, -0.2) is 44.3 Å². The first-order valence-electron chi connectivity index (χ1n) is 10.4. The summed E-state index contributed by atoms with van der Waals surface area (Å²) in [5.74, 6) is -0.138. The third-order valence-corrected chi connectivity index (χ3v) is 6.28. The topological polar surface area (TPSA) is 114 Å². The van der Waals surface area contributed by atoms with E-state index in [4.69, 9.17) is 5.73 Å². The highest BCUT2D eigenvalue weighted by molar-refractivity contribution is 7.14. The van der Waals surface area contributed by atoms with Gasteiger partial charge in [0.25, 0.3) is 5.91 Å². The van der Waals surface area contributed by atoms with Crippen molar-refractivity contribution >= 4 is 46.5 Å². The number of hydrogen-bond donors (Lipinski definition) is 2. The van der Waals surface area contributed by atoms with Gasteiger partial charge in [-0.2, -0.15) is 0 Å². The molecule has 8 nitrogen and oxygen atoms in total. The first-order chi connectivity index (χ1) is 16.1. The highest BCUT2D eigenvalue weighted by atomic mass is 35.5. The van der Waals surface area contributed by atoms with Crippen molar-refractivity contribution in [3.8, 4) is 22.4 Å². The SMILES string of the molecule is Cl.Nc1ccc(C(=O)N2CCC2C(=O)Nc2nc(-c3cccc(-c4ccncc4)c3)cs2)cn1. The number of carbonyl (C=O) groups is 2. The molecule has 1 aliphatic rings. The fraction of sp³-hybridized carbons (Fsp3) is 0.125. The minimum atomic E-state index is -0.530. The number of nitrogens with two attached hydrogens (primary N) is 1. The molecule has 10 heteroatoms. The molecule has 3 aromatic heterocycles. The van der Waals surface area contributed by atoms with Crippen molar-refractivity contribution in [1.82, 2.24) is 19.9 Å². The Hall–Kier alpha value is -3.82. The van der Waals surface area contributed by atoms with Crippen molar-refractivity contribution in [2.24, 2.45) is 0 Å². The number of nitrogens with zero attached hydrogens (tertiary/aromatic N) is 4. The lowest BCUT2D eigenvalue weighted by atomic mass is 10.0. The maximum Gasteiger partial charge on any atom is 0.256 e. The number of halogens is 1. The Kier molecular flexibility index (Phi) is 6.85. The van der Waals surface area contributed by atoms with Crippen LogP contribution in [0, 0.1) is 0 Å². The zero-order chi connectivity index (χ0) is 22.8. The van der Waals surface area contributed by atoms with Gasteiger partial charge >= 0.3 is 0 Å². The molecule has 1 saturated heterocycles. The van der Waals surface area contributed by atoms with E-state index in [1.54, 1.807) is 24.5 Å². The molecule has 1 unspecified atom stereocenters. The summed E-state index contributed by atoms with van der Waals surface area (Å²) < 4.78 is 0. The van der Waals surface area contributed by atoms with Gasteiger partial charge in [-0.1, -0.05) is 18.2 Å². The van der Waals surface area contributed by atoms with Crippen molar-refractivity contribution in [2.75, 3.05) is 17.6 Å². The summed E-state index contributed by atoms with van der Waals surface area (Å²) in [5, 5.41) is 5.26. The molecule has 0 spiro atoms. The van der Waals surface area contributed by atoms with Crippen molar-refractivity contribution < 1.29 is 9.59 Å². The number of pyridine rings is 2. The molecule has 3 N–H and O–H groups in total. The largest absolute Gasteiger partial charge is 0.384 e. The zero-order valence-electron chi connectivity index (χ0n) is 17.9. The smallest absolute Gasteiger partial charge is 0.256 e. The Morgan fingerprint density at radius 1 is 1.06 bits per heavy atom. The summed E-state index contributed by atoms with van der Waals surface area (Å²) in [4.78, 5) is 39.6. The van der Waals surface area contributed by atoms with Crippen molar-refractivity contribution in [3.05, 3.63) is 78.1 Å². The molecule has 172 valence electrons. The van der Waals surface area contributed by atoms with Gasteiger partial charge in [-0.25, -0.2) is 9.97 Å². The molecule has 0 aliphatic carbocycles. The normalized spacial score (nSPS) is 14.6. The van der Waals surface area contributed by atoms with Crippen LogP contribution in [0.4, 0.5) is 10.9 Å². The van der Waals surface area contributed by atoms with Crippen LogP contribution < -0.4 is 11.1 Å². The van der Waals surface area contributed by atoms with E-state index >= 15 is 0 Å². The second-order valence-electron chi connectivity index (χ2n) is 7.62. The van der Waals surface area contributed by atoms with Crippen LogP contribution in [0.15, 0.2) is 72.5 Å². The molecular weight excluding hydrogens is 472 g/mol. The summed E-state index contributed by atoms with van der Waals surface area (Å²) >= 11 is 1.35. The molecule has 0 bridgehead atoms. The molecule has 2 amide bonds. The van der Waals surface area contributed by atoms with Crippen molar-refractivity contribution in [1.29, 1.82) is 0 Å². The maximum absolute atomic E-state index is 12.8. The second-order valence-corrected chi connectivity index (χ2v) is 8.48. The zero-order valence-corrected chi connectivity index (χ0v) is 19.6. The Bertz CT molecular complexity index is 1310. The first kappa shape index (κ1) is 23.3. The second kappa shape index (κ2) is 9.98. The number of carbonyl (C=O) groups excluding carboxylic acids is 2. The number of rotatable bonds is 5. The Labute approximate surface area is 206 Å². The van der Waals surface area contributed by atoms with E-state index < -0.39 is 6.04 Å². The van der Waals surface area contributed by atoms with Crippen LogP contribution >= 0.6 is 23.7 Å². The third-order valence-electron chi connectivity index (χ3n) is 5.52. The van der Waals surface area contributed by atoms with Gasteiger partial charge in [-0.15, -0.1) is 23.7 Å². The lowest BCUT2D eigenvalue weighted by Gasteiger charge is -2.39. The lowest BCUT2D eigenvalue weighted by Crippen LogP contribution is -2.56. The van der Waals surface area contributed by atoms with Crippen LogP contribution in [0.5, 0.6) is 0 Å².